The van der Waals surface area contributed by atoms with Gasteiger partial charge in [0.25, 0.3) is 0 Å². The highest BCUT2D eigenvalue weighted by molar-refractivity contribution is 5.98. The van der Waals surface area contributed by atoms with Crippen molar-refractivity contribution in [3.8, 4) is 6.07 Å². The van der Waals surface area contributed by atoms with E-state index in [2.05, 4.69) is 28.0 Å². The molecule has 208 valence electrons. The van der Waals surface area contributed by atoms with Gasteiger partial charge in [-0.15, -0.1) is 0 Å². The first-order valence-electron chi connectivity index (χ1n) is 14.6. The van der Waals surface area contributed by atoms with Crippen LogP contribution >= 0.6 is 0 Å². The fourth-order valence-electron chi connectivity index (χ4n) is 6.58. The van der Waals surface area contributed by atoms with Crippen LogP contribution < -0.4 is 5.73 Å². The van der Waals surface area contributed by atoms with Crippen LogP contribution in [0.1, 0.15) is 74.2 Å². The van der Waals surface area contributed by atoms with E-state index in [1.54, 1.807) is 12.1 Å². The molecule has 6 nitrogen and oxygen atoms in total. The number of carbonyl (C=O) groups is 2. The summed E-state index contributed by atoms with van der Waals surface area (Å²) in [7, 11) is 0. The van der Waals surface area contributed by atoms with Gasteiger partial charge in [0.15, 0.2) is 5.78 Å². The lowest BCUT2D eigenvalue weighted by atomic mass is 9.88. The van der Waals surface area contributed by atoms with Crippen molar-refractivity contribution in [2.24, 2.45) is 11.7 Å². The van der Waals surface area contributed by atoms with Gasteiger partial charge in [-0.25, -0.2) is 0 Å². The van der Waals surface area contributed by atoms with Crippen LogP contribution in [0.2, 0.25) is 0 Å². The lowest BCUT2D eigenvalue weighted by Crippen LogP contribution is -2.33. The first-order chi connectivity index (χ1) is 19.9. The van der Waals surface area contributed by atoms with Gasteiger partial charge in [0.05, 0.1) is 11.6 Å². The largest absolute Gasteiger partial charge is 0.366 e. The maximum Gasteiger partial charge on any atom is 0.248 e. The first kappa shape index (κ1) is 27.1. The molecule has 2 heterocycles. The maximum absolute atomic E-state index is 13.4. The van der Waals surface area contributed by atoms with Gasteiger partial charge in [-0.2, -0.15) is 5.26 Å². The molecule has 6 rings (SSSR count). The molecule has 1 fully saturated rings. The molecule has 1 amide bonds. The average molecular weight is 545 g/mol. The quantitative estimate of drug-likeness (QED) is 0.386. The highest BCUT2D eigenvalue weighted by atomic mass is 16.1. The number of hydrogen-bond donors (Lipinski definition) is 1. The Hall–Kier alpha value is -4.05. The number of carbonyl (C=O) groups excluding carboxylic acids is 2. The number of rotatable bonds is 8. The van der Waals surface area contributed by atoms with Crippen molar-refractivity contribution in [2.75, 3.05) is 26.2 Å². The van der Waals surface area contributed by atoms with Gasteiger partial charge in [-0.1, -0.05) is 42.0 Å². The zero-order valence-electron chi connectivity index (χ0n) is 23.4. The predicted molar refractivity (Wildman–Crippen MR) is 160 cm³/mol. The Balaban J connectivity index is 1.04. The van der Waals surface area contributed by atoms with Crippen molar-refractivity contribution < 1.29 is 9.59 Å². The second-order valence-electron chi connectivity index (χ2n) is 11.8. The van der Waals surface area contributed by atoms with E-state index in [0.717, 1.165) is 70.5 Å². The fourth-order valence-corrected chi connectivity index (χ4v) is 6.58. The van der Waals surface area contributed by atoms with E-state index in [-0.39, 0.29) is 5.78 Å². The third kappa shape index (κ3) is 6.17. The number of Topliss-reactive ketones (excluding diaryl/α,β-unsaturated/α-hetero) is 1. The maximum atomic E-state index is 13.4. The normalized spacial score (nSPS) is 17.6. The zero-order valence-corrected chi connectivity index (χ0v) is 23.4. The number of primary amides is 1. The molecule has 0 atom stereocenters. The van der Waals surface area contributed by atoms with Gasteiger partial charge in [0.1, 0.15) is 0 Å². The van der Waals surface area contributed by atoms with E-state index in [1.807, 2.05) is 42.5 Å². The molecule has 0 spiro atoms. The highest BCUT2D eigenvalue weighted by Gasteiger charge is 2.29. The molecule has 2 aliphatic heterocycles. The minimum Gasteiger partial charge on any atom is -0.366 e. The van der Waals surface area contributed by atoms with Gasteiger partial charge in [-0.3, -0.25) is 19.4 Å². The van der Waals surface area contributed by atoms with E-state index in [1.165, 1.54) is 33.4 Å². The Morgan fingerprint density at radius 3 is 2.20 bits per heavy atom. The van der Waals surface area contributed by atoms with Crippen LogP contribution in [0.5, 0.6) is 0 Å². The van der Waals surface area contributed by atoms with Crippen molar-refractivity contribution in [3.63, 3.8) is 0 Å². The molecule has 41 heavy (non-hydrogen) atoms. The van der Waals surface area contributed by atoms with E-state index < -0.39 is 5.91 Å². The van der Waals surface area contributed by atoms with Crippen LogP contribution in [0.15, 0.2) is 72.3 Å². The van der Waals surface area contributed by atoms with Gasteiger partial charge < -0.3 is 5.73 Å². The number of nitrogens with zero attached hydrogens (tertiary/aromatic N) is 3. The molecule has 0 saturated carbocycles. The number of nitriles is 1. The summed E-state index contributed by atoms with van der Waals surface area (Å²) in [4.78, 5) is 29.7. The minimum absolute atomic E-state index is 0.259. The van der Waals surface area contributed by atoms with Crippen molar-refractivity contribution >= 4 is 17.3 Å². The number of hydrogen-bond acceptors (Lipinski definition) is 5. The van der Waals surface area contributed by atoms with Crippen molar-refractivity contribution in [2.45, 2.75) is 45.2 Å². The summed E-state index contributed by atoms with van der Waals surface area (Å²) in [6.07, 6.45) is 4.74. The number of piperidine rings is 1. The second-order valence-corrected chi connectivity index (χ2v) is 11.8. The molecule has 3 aromatic carbocycles. The Kier molecular flexibility index (Phi) is 7.82. The lowest BCUT2D eigenvalue weighted by molar-refractivity contribution is 0.0924. The summed E-state index contributed by atoms with van der Waals surface area (Å²) in [5, 5.41) is 9.01. The van der Waals surface area contributed by atoms with E-state index in [0.29, 0.717) is 23.5 Å². The molecule has 1 aliphatic carbocycles. The lowest BCUT2D eigenvalue weighted by Gasteiger charge is -2.31. The van der Waals surface area contributed by atoms with Crippen LogP contribution in [0, 0.1) is 17.2 Å². The summed E-state index contributed by atoms with van der Waals surface area (Å²) in [5.74, 6) is 0.283. The molecule has 0 radical (unpaired) electrons. The number of ketones is 1. The third-order valence-corrected chi connectivity index (χ3v) is 9.01. The van der Waals surface area contributed by atoms with E-state index in [4.69, 9.17) is 11.0 Å². The third-order valence-electron chi connectivity index (χ3n) is 9.01. The van der Waals surface area contributed by atoms with Crippen LogP contribution in [0.3, 0.4) is 0 Å². The number of likely N-dealkylation sites (tertiary alicyclic amines) is 1. The van der Waals surface area contributed by atoms with E-state index in [9.17, 15) is 9.59 Å². The molecular weight excluding hydrogens is 508 g/mol. The van der Waals surface area contributed by atoms with Crippen LogP contribution in [-0.4, -0.2) is 47.7 Å². The average Bonchev–Trinajstić information content (AvgIpc) is 3.36. The Morgan fingerprint density at radius 1 is 0.854 bits per heavy atom. The minimum atomic E-state index is -0.401. The molecule has 2 N–H and O–H groups in total. The van der Waals surface area contributed by atoms with E-state index >= 15 is 0 Å². The molecule has 3 aliphatic rings. The zero-order chi connectivity index (χ0) is 28.3. The molecule has 0 bridgehead atoms. The Bertz CT molecular complexity index is 1520. The van der Waals surface area contributed by atoms with Gasteiger partial charge in [0, 0.05) is 43.7 Å². The van der Waals surface area contributed by atoms with Crippen molar-refractivity contribution in [3.05, 3.63) is 111 Å². The Labute approximate surface area is 242 Å². The monoisotopic (exact) mass is 544 g/mol. The van der Waals surface area contributed by atoms with Crippen molar-refractivity contribution in [1.82, 2.24) is 9.80 Å². The fraction of sp³-hybridized carbons (Fsp3) is 0.343. The summed E-state index contributed by atoms with van der Waals surface area (Å²) < 4.78 is 0. The number of amides is 1. The first-order valence-corrected chi connectivity index (χ1v) is 14.6. The van der Waals surface area contributed by atoms with Crippen LogP contribution in [-0.2, 0) is 19.5 Å². The molecule has 0 unspecified atom stereocenters. The molecule has 3 aromatic rings. The number of fused-ring (bicyclic) bond motifs is 2. The van der Waals surface area contributed by atoms with Crippen molar-refractivity contribution in [1.29, 1.82) is 5.26 Å². The Morgan fingerprint density at radius 2 is 1.51 bits per heavy atom. The SMILES string of the molecule is N#Cc1ccc(CN2CCC(CC(=O)c3ccc4c(c3)C3=C(CCN(Cc5ccc(C(N)=O)cc5)C3)C4)CC2)cc1. The predicted octanol–water partition coefficient (Wildman–Crippen LogP) is 5.36. The van der Waals surface area contributed by atoms with Gasteiger partial charge in [0.2, 0.25) is 5.91 Å². The summed E-state index contributed by atoms with van der Waals surface area (Å²) in [5.41, 5.74) is 15.4. The highest BCUT2D eigenvalue weighted by Crippen LogP contribution is 2.39. The van der Waals surface area contributed by atoms with Crippen LogP contribution in [0.25, 0.3) is 5.57 Å². The molecule has 1 saturated heterocycles. The summed E-state index contributed by atoms with van der Waals surface area (Å²) in [6.45, 7) is 5.62. The topological polar surface area (TPSA) is 90.4 Å². The van der Waals surface area contributed by atoms with Gasteiger partial charge in [-0.05, 0) is 103 Å². The second kappa shape index (κ2) is 11.8. The standard InChI is InChI=1S/C35H36N4O2/c36-20-25-1-3-26(4-2-25)21-38-14-11-24(12-15-38)17-34(40)31-10-9-29-18-30-13-16-39(23-33(30)32(29)19-31)22-27-5-7-28(8-6-27)35(37)41/h1-10,19,24H,11-18,21-23H2,(H2,37,41). The number of benzene rings is 3. The molecular formula is C35H36N4O2. The molecule has 6 heteroatoms. The summed E-state index contributed by atoms with van der Waals surface area (Å²) >= 11 is 0. The molecule has 0 aromatic heterocycles. The summed E-state index contributed by atoms with van der Waals surface area (Å²) in [6, 6.07) is 24.0. The smallest absolute Gasteiger partial charge is 0.248 e. The van der Waals surface area contributed by atoms with Gasteiger partial charge >= 0.3 is 0 Å². The number of nitrogens with two attached hydrogens (primary N) is 1. The van der Waals surface area contributed by atoms with Crippen LogP contribution in [0.4, 0.5) is 0 Å².